The summed E-state index contributed by atoms with van der Waals surface area (Å²) in [6.07, 6.45) is 0.00503. The van der Waals surface area contributed by atoms with Crippen LogP contribution < -0.4 is 14.4 Å². The minimum atomic E-state index is -0.820. The van der Waals surface area contributed by atoms with E-state index in [0.29, 0.717) is 34.9 Å². The van der Waals surface area contributed by atoms with Crippen molar-refractivity contribution in [2.45, 2.75) is 59.1 Å². The van der Waals surface area contributed by atoms with Gasteiger partial charge in [0, 0.05) is 11.3 Å². The van der Waals surface area contributed by atoms with Crippen molar-refractivity contribution in [3.8, 4) is 11.5 Å². The number of carbonyl (C=O) groups is 2. The number of ketones is 1. The normalized spacial score (nSPS) is 17.2. The number of aliphatic hydroxyl groups is 1. The molecule has 0 aliphatic carbocycles. The summed E-state index contributed by atoms with van der Waals surface area (Å²) >= 11 is 0. The van der Waals surface area contributed by atoms with Crippen LogP contribution in [0.3, 0.4) is 0 Å². The second kappa shape index (κ2) is 10.7. The van der Waals surface area contributed by atoms with E-state index in [4.69, 9.17) is 9.47 Å². The average molecular weight is 514 g/mol. The van der Waals surface area contributed by atoms with Crippen molar-refractivity contribution in [2.75, 3.05) is 11.5 Å². The van der Waals surface area contributed by atoms with E-state index in [2.05, 4.69) is 20.8 Å². The largest absolute Gasteiger partial charge is 0.507 e. The van der Waals surface area contributed by atoms with Crippen LogP contribution in [0.1, 0.15) is 64.3 Å². The van der Waals surface area contributed by atoms with E-state index in [1.807, 2.05) is 69.3 Å². The Bertz CT molecular complexity index is 1350. The van der Waals surface area contributed by atoms with Gasteiger partial charge < -0.3 is 14.6 Å². The Morgan fingerprint density at radius 1 is 0.947 bits per heavy atom. The van der Waals surface area contributed by atoms with Crippen LogP contribution in [0.5, 0.6) is 11.5 Å². The molecule has 3 aromatic rings. The highest BCUT2D eigenvalue weighted by molar-refractivity contribution is 6.51. The first kappa shape index (κ1) is 27.0. The van der Waals surface area contributed by atoms with Crippen LogP contribution in [-0.2, 0) is 15.0 Å². The van der Waals surface area contributed by atoms with Crippen LogP contribution in [0.4, 0.5) is 5.69 Å². The molecule has 1 unspecified atom stereocenters. The van der Waals surface area contributed by atoms with E-state index in [0.717, 1.165) is 5.56 Å². The summed E-state index contributed by atoms with van der Waals surface area (Å²) in [7, 11) is 0. The molecule has 1 N–H and O–H groups in total. The Morgan fingerprint density at radius 3 is 2.18 bits per heavy atom. The zero-order valence-electron chi connectivity index (χ0n) is 22.8. The van der Waals surface area contributed by atoms with Crippen molar-refractivity contribution in [3.63, 3.8) is 0 Å². The number of Topliss-reactive ketones (excluding diaryl/α,β-unsaturated/α-hetero) is 1. The van der Waals surface area contributed by atoms with Gasteiger partial charge in [-0.2, -0.15) is 0 Å². The van der Waals surface area contributed by atoms with Crippen LogP contribution >= 0.6 is 0 Å². The van der Waals surface area contributed by atoms with E-state index >= 15 is 0 Å². The van der Waals surface area contributed by atoms with Crippen LogP contribution in [-0.4, -0.2) is 29.5 Å². The maximum absolute atomic E-state index is 13.5. The number of aliphatic hydroxyl groups excluding tert-OH is 1. The molecule has 1 atom stereocenters. The fourth-order valence-electron chi connectivity index (χ4n) is 4.59. The van der Waals surface area contributed by atoms with Gasteiger partial charge in [0.05, 0.1) is 24.3 Å². The van der Waals surface area contributed by atoms with Gasteiger partial charge in [0.15, 0.2) is 0 Å². The minimum absolute atomic E-state index is 0.00503. The second-order valence-corrected chi connectivity index (χ2v) is 10.7. The maximum atomic E-state index is 13.5. The Morgan fingerprint density at radius 2 is 1.61 bits per heavy atom. The molecule has 38 heavy (non-hydrogen) atoms. The average Bonchev–Trinajstić information content (AvgIpc) is 3.14. The summed E-state index contributed by atoms with van der Waals surface area (Å²) in [6, 6.07) is 21.0. The first-order valence-corrected chi connectivity index (χ1v) is 12.9. The van der Waals surface area contributed by atoms with Crippen molar-refractivity contribution in [2.24, 2.45) is 0 Å². The Hall–Kier alpha value is -4.06. The molecule has 0 spiro atoms. The summed E-state index contributed by atoms with van der Waals surface area (Å²) in [6.45, 7) is 12.6. The molecular weight excluding hydrogens is 478 g/mol. The highest BCUT2D eigenvalue weighted by atomic mass is 16.5. The van der Waals surface area contributed by atoms with E-state index in [1.54, 1.807) is 24.3 Å². The quantitative estimate of drug-likeness (QED) is 0.214. The van der Waals surface area contributed by atoms with E-state index in [9.17, 15) is 14.7 Å². The van der Waals surface area contributed by atoms with Gasteiger partial charge in [0.25, 0.3) is 11.7 Å². The van der Waals surface area contributed by atoms with Crippen LogP contribution in [0.15, 0.2) is 78.4 Å². The highest BCUT2D eigenvalue weighted by Crippen LogP contribution is 2.43. The first-order chi connectivity index (χ1) is 18.0. The van der Waals surface area contributed by atoms with Crippen molar-refractivity contribution in [1.29, 1.82) is 0 Å². The number of carbonyl (C=O) groups excluding carboxylic acids is 2. The number of amides is 1. The monoisotopic (exact) mass is 513 g/mol. The second-order valence-electron chi connectivity index (χ2n) is 10.7. The number of nitrogens with zero attached hydrogens (tertiary/aromatic N) is 1. The predicted molar refractivity (Wildman–Crippen MR) is 150 cm³/mol. The maximum Gasteiger partial charge on any atom is 0.300 e. The first-order valence-electron chi connectivity index (χ1n) is 12.9. The smallest absolute Gasteiger partial charge is 0.300 e. The molecule has 0 saturated carbocycles. The van der Waals surface area contributed by atoms with E-state index in [-0.39, 0.29) is 22.9 Å². The lowest BCUT2D eigenvalue weighted by Crippen LogP contribution is -2.29. The molecule has 1 aliphatic rings. The molecule has 6 heteroatoms. The Balaban J connectivity index is 1.87. The van der Waals surface area contributed by atoms with Crippen LogP contribution in [0.25, 0.3) is 5.76 Å². The summed E-state index contributed by atoms with van der Waals surface area (Å²) in [5.74, 6) is -0.429. The number of ether oxygens (including phenoxy) is 2. The molecule has 1 amide bonds. The van der Waals surface area contributed by atoms with Gasteiger partial charge in [-0.3, -0.25) is 14.5 Å². The molecule has 198 valence electrons. The molecule has 0 bridgehead atoms. The summed E-state index contributed by atoms with van der Waals surface area (Å²) in [5.41, 5.74) is 2.74. The van der Waals surface area contributed by atoms with Crippen molar-refractivity contribution in [3.05, 3.63) is 95.1 Å². The standard InChI is InChI=1S/C32H35NO5/c1-7-37-26-10-8-9-22(19-26)29(34)27-28(21-11-17-25(18-12-21)38-20(2)3)33(31(36)30(27)35)24-15-13-23(14-16-24)32(4,5)6/h8-20,28,34H,7H2,1-6H3/b29-27+. The Kier molecular flexibility index (Phi) is 7.63. The van der Waals surface area contributed by atoms with Crippen LogP contribution in [0.2, 0.25) is 0 Å². The van der Waals surface area contributed by atoms with E-state index < -0.39 is 17.7 Å². The number of hydrogen-bond donors (Lipinski definition) is 1. The van der Waals surface area contributed by atoms with Crippen molar-refractivity contribution in [1.82, 2.24) is 0 Å². The fraction of sp³-hybridized carbons (Fsp3) is 0.312. The molecule has 4 rings (SSSR count). The van der Waals surface area contributed by atoms with E-state index in [1.165, 1.54) is 4.90 Å². The van der Waals surface area contributed by atoms with Crippen molar-refractivity contribution >= 4 is 23.1 Å². The predicted octanol–water partition coefficient (Wildman–Crippen LogP) is 6.80. The lowest BCUT2D eigenvalue weighted by Gasteiger charge is -2.27. The fourth-order valence-corrected chi connectivity index (χ4v) is 4.59. The molecule has 0 aromatic heterocycles. The SMILES string of the molecule is CCOc1cccc(/C(O)=C2\C(=O)C(=O)N(c3ccc(C(C)(C)C)cc3)C2c2ccc(OC(C)C)cc2)c1. The third-order valence-electron chi connectivity index (χ3n) is 6.44. The summed E-state index contributed by atoms with van der Waals surface area (Å²) in [4.78, 5) is 28.4. The number of rotatable bonds is 7. The molecule has 0 radical (unpaired) electrons. The van der Waals surface area contributed by atoms with Gasteiger partial charge in [0.2, 0.25) is 0 Å². The van der Waals surface area contributed by atoms with Crippen LogP contribution in [0, 0.1) is 0 Å². The van der Waals surface area contributed by atoms with Crippen molar-refractivity contribution < 1.29 is 24.2 Å². The number of anilines is 1. The minimum Gasteiger partial charge on any atom is -0.507 e. The summed E-state index contributed by atoms with van der Waals surface area (Å²) in [5, 5.41) is 11.4. The molecule has 1 aliphatic heterocycles. The third kappa shape index (κ3) is 5.44. The molecule has 1 heterocycles. The number of benzene rings is 3. The molecule has 6 nitrogen and oxygen atoms in total. The zero-order chi connectivity index (χ0) is 27.6. The molecular formula is C32H35NO5. The Labute approximate surface area is 224 Å². The van der Waals surface area contributed by atoms with Gasteiger partial charge in [-0.15, -0.1) is 0 Å². The number of hydrogen-bond acceptors (Lipinski definition) is 5. The molecule has 1 saturated heterocycles. The topological polar surface area (TPSA) is 76.1 Å². The van der Waals surface area contributed by atoms with Gasteiger partial charge in [0.1, 0.15) is 17.3 Å². The zero-order valence-corrected chi connectivity index (χ0v) is 22.8. The molecule has 3 aromatic carbocycles. The third-order valence-corrected chi connectivity index (χ3v) is 6.44. The van der Waals surface area contributed by atoms with Gasteiger partial charge in [-0.05, 0) is 73.7 Å². The highest BCUT2D eigenvalue weighted by Gasteiger charge is 2.47. The summed E-state index contributed by atoms with van der Waals surface area (Å²) < 4.78 is 11.4. The molecule has 1 fully saturated rings. The lowest BCUT2D eigenvalue weighted by atomic mass is 9.87. The van der Waals surface area contributed by atoms with Gasteiger partial charge in [-0.1, -0.05) is 57.2 Å². The van der Waals surface area contributed by atoms with Gasteiger partial charge in [-0.25, -0.2) is 0 Å². The van der Waals surface area contributed by atoms with Gasteiger partial charge >= 0.3 is 0 Å². The lowest BCUT2D eigenvalue weighted by molar-refractivity contribution is -0.132.